The number of hydrogen-bond acceptors (Lipinski definition) is 6. The van der Waals surface area contributed by atoms with Gasteiger partial charge in [0.25, 0.3) is 5.91 Å². The van der Waals surface area contributed by atoms with Crippen molar-refractivity contribution < 1.29 is 9.53 Å². The number of nitrogens with one attached hydrogen (secondary N) is 1. The molecule has 0 unspecified atom stereocenters. The number of rotatable bonds is 6. The van der Waals surface area contributed by atoms with E-state index in [0.29, 0.717) is 28.9 Å². The normalized spacial score (nSPS) is 10.6. The first-order valence-electron chi connectivity index (χ1n) is 6.44. The lowest BCUT2D eigenvalue weighted by Crippen LogP contribution is -2.19. The average molecular weight is 306 g/mol. The summed E-state index contributed by atoms with van der Waals surface area (Å²) in [7, 11) is 3.97. The monoisotopic (exact) mass is 306 g/mol. The van der Waals surface area contributed by atoms with Crippen LogP contribution in [0.25, 0.3) is 0 Å². The van der Waals surface area contributed by atoms with Gasteiger partial charge in [0.1, 0.15) is 18.1 Å². The van der Waals surface area contributed by atoms with Gasteiger partial charge in [-0.2, -0.15) is 0 Å². The van der Waals surface area contributed by atoms with Crippen LogP contribution >= 0.6 is 11.3 Å². The maximum absolute atomic E-state index is 12.0. The van der Waals surface area contributed by atoms with Crippen molar-refractivity contribution in [2.45, 2.75) is 0 Å². The summed E-state index contributed by atoms with van der Waals surface area (Å²) in [6, 6.07) is 7.26. The molecule has 0 aliphatic carbocycles. The van der Waals surface area contributed by atoms with Crippen LogP contribution in [0.5, 0.6) is 5.75 Å². The number of carbonyl (C=O) groups is 1. The lowest BCUT2D eigenvalue weighted by atomic mass is 10.3. The summed E-state index contributed by atoms with van der Waals surface area (Å²) in [4.78, 5) is 18.0. The standard InChI is InChI=1S/C14H18N4O2S/c1-18(2)6-7-20-11-5-3-4-10(8-11)16-13(19)12-9-21-14(15)17-12/h3-5,8-9H,6-7H2,1-2H3,(H2,15,17)(H,16,19). The third-order valence-corrected chi connectivity index (χ3v) is 3.33. The first-order chi connectivity index (χ1) is 10.0. The SMILES string of the molecule is CN(C)CCOc1cccc(NC(=O)c2csc(N)n2)c1. The second-order valence-corrected chi connectivity index (χ2v) is 5.59. The molecule has 0 fully saturated rings. The topological polar surface area (TPSA) is 80.5 Å². The highest BCUT2D eigenvalue weighted by Crippen LogP contribution is 2.19. The molecule has 1 amide bonds. The molecule has 21 heavy (non-hydrogen) atoms. The molecule has 0 aliphatic heterocycles. The van der Waals surface area contributed by atoms with Gasteiger partial charge in [-0.3, -0.25) is 4.79 Å². The van der Waals surface area contributed by atoms with Gasteiger partial charge in [0.15, 0.2) is 5.13 Å². The van der Waals surface area contributed by atoms with E-state index in [9.17, 15) is 4.79 Å². The van der Waals surface area contributed by atoms with Crippen LogP contribution in [0.3, 0.4) is 0 Å². The van der Waals surface area contributed by atoms with Crippen LogP contribution in [0.15, 0.2) is 29.6 Å². The highest BCUT2D eigenvalue weighted by Gasteiger charge is 2.10. The molecule has 1 aromatic heterocycles. The number of nitrogen functional groups attached to an aromatic ring is 1. The molecule has 0 radical (unpaired) electrons. The van der Waals surface area contributed by atoms with E-state index in [0.717, 1.165) is 6.54 Å². The number of amides is 1. The number of nitrogens with two attached hydrogens (primary N) is 1. The third-order valence-electron chi connectivity index (χ3n) is 2.65. The number of thiazole rings is 1. The van der Waals surface area contributed by atoms with Crippen LogP contribution in [0.2, 0.25) is 0 Å². The van der Waals surface area contributed by atoms with Gasteiger partial charge in [0, 0.05) is 23.7 Å². The Hall–Kier alpha value is -2.12. The van der Waals surface area contributed by atoms with Crippen molar-refractivity contribution in [1.29, 1.82) is 0 Å². The molecule has 1 heterocycles. The molecular weight excluding hydrogens is 288 g/mol. The van der Waals surface area contributed by atoms with Crippen LogP contribution in [-0.2, 0) is 0 Å². The van der Waals surface area contributed by atoms with Crippen LogP contribution in [-0.4, -0.2) is 43.0 Å². The Morgan fingerprint density at radius 3 is 2.95 bits per heavy atom. The second kappa shape index (κ2) is 7.05. The molecule has 2 rings (SSSR count). The van der Waals surface area contributed by atoms with Crippen molar-refractivity contribution in [3.05, 3.63) is 35.3 Å². The van der Waals surface area contributed by atoms with Crippen molar-refractivity contribution in [3.8, 4) is 5.75 Å². The first-order valence-corrected chi connectivity index (χ1v) is 7.32. The van der Waals surface area contributed by atoms with E-state index in [2.05, 4.69) is 10.3 Å². The minimum absolute atomic E-state index is 0.284. The zero-order valence-corrected chi connectivity index (χ0v) is 12.8. The molecule has 3 N–H and O–H groups in total. The molecule has 0 aliphatic rings. The Bertz CT molecular complexity index is 613. The number of ether oxygens (including phenoxy) is 1. The van der Waals surface area contributed by atoms with Gasteiger partial charge in [0.2, 0.25) is 0 Å². The predicted octanol–water partition coefficient (Wildman–Crippen LogP) is 1.92. The van der Waals surface area contributed by atoms with E-state index in [1.54, 1.807) is 17.5 Å². The van der Waals surface area contributed by atoms with E-state index >= 15 is 0 Å². The third kappa shape index (κ3) is 4.73. The number of benzene rings is 1. The highest BCUT2D eigenvalue weighted by molar-refractivity contribution is 7.13. The minimum atomic E-state index is -0.284. The predicted molar refractivity (Wildman–Crippen MR) is 85.0 cm³/mol. The highest BCUT2D eigenvalue weighted by atomic mass is 32.1. The van der Waals surface area contributed by atoms with Crippen molar-refractivity contribution >= 4 is 28.1 Å². The molecule has 0 saturated carbocycles. The smallest absolute Gasteiger partial charge is 0.275 e. The molecule has 0 bridgehead atoms. The number of likely N-dealkylation sites (N-methyl/N-ethyl adjacent to an activating group) is 1. The molecule has 2 aromatic rings. The maximum Gasteiger partial charge on any atom is 0.275 e. The zero-order chi connectivity index (χ0) is 15.2. The zero-order valence-electron chi connectivity index (χ0n) is 12.0. The van der Waals surface area contributed by atoms with Gasteiger partial charge in [0.05, 0.1) is 0 Å². The molecule has 6 nitrogen and oxygen atoms in total. The Balaban J connectivity index is 1.96. The lowest BCUT2D eigenvalue weighted by Gasteiger charge is -2.12. The van der Waals surface area contributed by atoms with E-state index in [1.165, 1.54) is 11.3 Å². The summed E-state index contributed by atoms with van der Waals surface area (Å²) in [5.41, 5.74) is 6.49. The number of nitrogens with zero attached hydrogens (tertiary/aromatic N) is 2. The summed E-state index contributed by atoms with van der Waals surface area (Å²) < 4.78 is 5.62. The fourth-order valence-electron chi connectivity index (χ4n) is 1.60. The fraction of sp³-hybridized carbons (Fsp3) is 0.286. The summed E-state index contributed by atoms with van der Waals surface area (Å²) in [5.74, 6) is 0.431. The van der Waals surface area contributed by atoms with Crippen LogP contribution in [0.4, 0.5) is 10.8 Å². The van der Waals surface area contributed by atoms with Crippen molar-refractivity contribution in [3.63, 3.8) is 0 Å². The van der Waals surface area contributed by atoms with Gasteiger partial charge in [-0.05, 0) is 26.2 Å². The quantitative estimate of drug-likeness (QED) is 0.852. The molecule has 0 spiro atoms. The largest absolute Gasteiger partial charge is 0.492 e. The molecule has 0 saturated heterocycles. The second-order valence-electron chi connectivity index (χ2n) is 4.70. The van der Waals surface area contributed by atoms with Gasteiger partial charge in [-0.25, -0.2) is 4.98 Å². The van der Waals surface area contributed by atoms with Crippen LogP contribution in [0, 0.1) is 0 Å². The van der Waals surface area contributed by atoms with E-state index in [-0.39, 0.29) is 5.91 Å². The van der Waals surface area contributed by atoms with E-state index < -0.39 is 0 Å². The van der Waals surface area contributed by atoms with Gasteiger partial charge < -0.3 is 20.7 Å². The Morgan fingerprint density at radius 1 is 1.48 bits per heavy atom. The molecule has 1 aromatic carbocycles. The number of anilines is 2. The minimum Gasteiger partial charge on any atom is -0.492 e. The lowest BCUT2D eigenvalue weighted by molar-refractivity contribution is 0.102. The van der Waals surface area contributed by atoms with Crippen LogP contribution in [0.1, 0.15) is 10.5 Å². The Morgan fingerprint density at radius 2 is 2.29 bits per heavy atom. The number of hydrogen-bond donors (Lipinski definition) is 2. The average Bonchev–Trinajstić information content (AvgIpc) is 2.85. The van der Waals surface area contributed by atoms with Gasteiger partial charge in [-0.1, -0.05) is 6.07 Å². The molecule has 0 atom stereocenters. The summed E-state index contributed by atoms with van der Waals surface area (Å²) in [6.07, 6.45) is 0. The molecule has 7 heteroatoms. The first kappa shape index (κ1) is 15.3. The molecular formula is C14H18N4O2S. The summed E-state index contributed by atoms with van der Waals surface area (Å²) >= 11 is 1.24. The maximum atomic E-state index is 12.0. The van der Waals surface area contributed by atoms with Crippen molar-refractivity contribution in [2.75, 3.05) is 38.3 Å². The van der Waals surface area contributed by atoms with Gasteiger partial charge in [-0.15, -0.1) is 11.3 Å². The van der Waals surface area contributed by atoms with Crippen molar-refractivity contribution in [1.82, 2.24) is 9.88 Å². The van der Waals surface area contributed by atoms with Crippen molar-refractivity contribution in [2.24, 2.45) is 0 Å². The summed E-state index contributed by atoms with van der Waals surface area (Å²) in [6.45, 7) is 1.42. The molecule has 112 valence electrons. The fourth-order valence-corrected chi connectivity index (χ4v) is 2.14. The van der Waals surface area contributed by atoms with E-state index in [4.69, 9.17) is 10.5 Å². The summed E-state index contributed by atoms with van der Waals surface area (Å²) in [5, 5.41) is 4.77. The number of aromatic nitrogens is 1. The Kier molecular flexibility index (Phi) is 5.13. The van der Waals surface area contributed by atoms with Gasteiger partial charge >= 0.3 is 0 Å². The Labute approximate surface area is 127 Å². The number of carbonyl (C=O) groups excluding carboxylic acids is 1. The van der Waals surface area contributed by atoms with Crippen LogP contribution < -0.4 is 15.8 Å². The van der Waals surface area contributed by atoms with E-state index in [1.807, 2.05) is 31.1 Å².